The van der Waals surface area contributed by atoms with Crippen LogP contribution in [0.1, 0.15) is 34.6 Å². The zero-order valence-electron chi connectivity index (χ0n) is 15.6. The summed E-state index contributed by atoms with van der Waals surface area (Å²) in [6, 6.07) is 10.3. The van der Waals surface area contributed by atoms with Crippen molar-refractivity contribution in [2.45, 2.75) is 24.7 Å². The standard InChI is InChI=1S/C20H14BrCl2F3N4O/c21-11-3-1-10(2-4-11)14-8-17(20(24,25)26)30-18(27-14)9-16(29-30)19(31)28-15-7-12(22)5-6-13(15)23/h1-7,9,14,17,27H,8H2,(H,28,31)/t14-,17-/m1/s1. The third kappa shape index (κ3) is 4.68. The third-order valence-corrected chi connectivity index (χ3v) is 5.96. The van der Waals surface area contributed by atoms with Crippen LogP contribution in [0.5, 0.6) is 0 Å². The fraction of sp³-hybridized carbons (Fsp3) is 0.200. The van der Waals surface area contributed by atoms with E-state index in [1.807, 2.05) is 0 Å². The molecule has 5 nitrogen and oxygen atoms in total. The molecule has 162 valence electrons. The molecule has 2 heterocycles. The average molecular weight is 534 g/mol. The molecule has 1 amide bonds. The second-order valence-electron chi connectivity index (χ2n) is 6.98. The van der Waals surface area contributed by atoms with Crippen LogP contribution in [0.2, 0.25) is 10.0 Å². The van der Waals surface area contributed by atoms with Gasteiger partial charge in [-0.05, 0) is 35.9 Å². The Hall–Kier alpha value is -2.23. The van der Waals surface area contributed by atoms with Gasteiger partial charge in [0.25, 0.3) is 5.91 Å². The second-order valence-corrected chi connectivity index (χ2v) is 8.74. The summed E-state index contributed by atoms with van der Waals surface area (Å²) in [7, 11) is 0. The van der Waals surface area contributed by atoms with Gasteiger partial charge >= 0.3 is 6.18 Å². The SMILES string of the molecule is O=C(Nc1cc(Cl)ccc1Cl)c1cc2n(n1)[C@@H](C(F)(F)F)C[C@H](c1ccc(Br)cc1)N2. The smallest absolute Gasteiger partial charge is 0.363 e. The van der Waals surface area contributed by atoms with Crippen molar-refractivity contribution < 1.29 is 18.0 Å². The Kier molecular flexibility index (Phi) is 5.93. The summed E-state index contributed by atoms with van der Waals surface area (Å²) in [6.45, 7) is 0. The predicted octanol–water partition coefficient (Wildman–Crippen LogP) is 6.87. The lowest BCUT2D eigenvalue weighted by molar-refractivity contribution is -0.173. The lowest BCUT2D eigenvalue weighted by Crippen LogP contribution is -2.35. The Morgan fingerprint density at radius 3 is 2.55 bits per heavy atom. The molecule has 31 heavy (non-hydrogen) atoms. The first-order valence-electron chi connectivity index (χ1n) is 9.06. The second kappa shape index (κ2) is 8.37. The van der Waals surface area contributed by atoms with Gasteiger partial charge in [0, 0.05) is 22.0 Å². The van der Waals surface area contributed by atoms with Crippen LogP contribution >= 0.6 is 39.1 Å². The minimum Gasteiger partial charge on any atom is -0.363 e. The Balaban J connectivity index is 1.65. The molecule has 1 aliphatic heterocycles. The van der Waals surface area contributed by atoms with Crippen molar-refractivity contribution in [3.63, 3.8) is 0 Å². The Bertz CT molecular complexity index is 1130. The molecule has 0 spiro atoms. The maximum atomic E-state index is 13.8. The number of aromatic nitrogens is 2. The minimum atomic E-state index is -4.54. The van der Waals surface area contributed by atoms with Crippen LogP contribution < -0.4 is 10.6 Å². The molecule has 2 aromatic carbocycles. The molecule has 0 radical (unpaired) electrons. The quantitative estimate of drug-likeness (QED) is 0.386. The van der Waals surface area contributed by atoms with Gasteiger partial charge in [-0.3, -0.25) is 4.79 Å². The van der Waals surface area contributed by atoms with Crippen LogP contribution in [0.3, 0.4) is 0 Å². The number of benzene rings is 2. The van der Waals surface area contributed by atoms with E-state index in [4.69, 9.17) is 23.2 Å². The molecule has 0 bridgehead atoms. The number of anilines is 2. The number of halogens is 6. The number of hydrogen-bond acceptors (Lipinski definition) is 3. The Morgan fingerprint density at radius 1 is 1.16 bits per heavy atom. The van der Waals surface area contributed by atoms with E-state index < -0.39 is 24.2 Å². The summed E-state index contributed by atoms with van der Waals surface area (Å²) in [5, 5.41) is 10.1. The van der Waals surface area contributed by atoms with Crippen molar-refractivity contribution in [3.05, 3.63) is 74.3 Å². The van der Waals surface area contributed by atoms with Gasteiger partial charge in [-0.1, -0.05) is 51.3 Å². The highest BCUT2D eigenvalue weighted by Crippen LogP contribution is 2.43. The Morgan fingerprint density at radius 2 is 1.87 bits per heavy atom. The van der Waals surface area contributed by atoms with E-state index >= 15 is 0 Å². The van der Waals surface area contributed by atoms with Crippen LogP contribution in [-0.4, -0.2) is 21.9 Å². The highest BCUT2D eigenvalue weighted by Gasteiger charge is 2.46. The molecule has 0 fully saturated rings. The van der Waals surface area contributed by atoms with Crippen LogP contribution in [-0.2, 0) is 0 Å². The van der Waals surface area contributed by atoms with Crippen molar-refractivity contribution in [3.8, 4) is 0 Å². The highest BCUT2D eigenvalue weighted by atomic mass is 79.9. The summed E-state index contributed by atoms with van der Waals surface area (Å²) >= 11 is 15.3. The summed E-state index contributed by atoms with van der Waals surface area (Å²) in [5.41, 5.74) is 0.754. The minimum absolute atomic E-state index is 0.101. The third-order valence-electron chi connectivity index (χ3n) is 4.87. The molecule has 1 aromatic heterocycles. The first-order chi connectivity index (χ1) is 14.6. The van der Waals surface area contributed by atoms with E-state index in [0.29, 0.717) is 10.6 Å². The van der Waals surface area contributed by atoms with Crippen molar-refractivity contribution >= 4 is 56.5 Å². The maximum absolute atomic E-state index is 13.8. The van der Waals surface area contributed by atoms with Crippen molar-refractivity contribution in [1.82, 2.24) is 9.78 Å². The number of nitrogens with zero attached hydrogens (tertiary/aromatic N) is 2. The number of amides is 1. The molecule has 0 saturated heterocycles. The van der Waals surface area contributed by atoms with Crippen LogP contribution in [0, 0.1) is 0 Å². The number of hydrogen-bond donors (Lipinski definition) is 2. The van der Waals surface area contributed by atoms with Crippen molar-refractivity contribution in [1.29, 1.82) is 0 Å². The van der Waals surface area contributed by atoms with Crippen LogP contribution in [0.25, 0.3) is 0 Å². The van der Waals surface area contributed by atoms with Gasteiger partial charge in [-0.2, -0.15) is 18.3 Å². The molecule has 0 unspecified atom stereocenters. The van der Waals surface area contributed by atoms with Crippen LogP contribution in [0.4, 0.5) is 24.7 Å². The van der Waals surface area contributed by atoms with Gasteiger partial charge < -0.3 is 10.6 Å². The maximum Gasteiger partial charge on any atom is 0.410 e. The average Bonchev–Trinajstić information content (AvgIpc) is 3.14. The molecule has 2 atom stereocenters. The molecular weight excluding hydrogens is 520 g/mol. The molecule has 0 saturated carbocycles. The Labute approximate surface area is 193 Å². The lowest BCUT2D eigenvalue weighted by Gasteiger charge is -2.33. The zero-order chi connectivity index (χ0) is 22.3. The number of fused-ring (bicyclic) bond motifs is 1. The number of carbonyl (C=O) groups excluding carboxylic acids is 1. The van der Waals surface area contributed by atoms with E-state index in [2.05, 4.69) is 31.7 Å². The fourth-order valence-electron chi connectivity index (χ4n) is 3.38. The zero-order valence-corrected chi connectivity index (χ0v) is 18.6. The number of nitrogens with one attached hydrogen (secondary N) is 2. The van der Waals surface area contributed by atoms with E-state index in [9.17, 15) is 18.0 Å². The van der Waals surface area contributed by atoms with E-state index in [-0.39, 0.29) is 28.6 Å². The number of carbonyl (C=O) groups is 1. The van der Waals surface area contributed by atoms with Gasteiger partial charge in [0.2, 0.25) is 0 Å². The fourth-order valence-corrected chi connectivity index (χ4v) is 3.98. The molecule has 4 rings (SSSR count). The van der Waals surface area contributed by atoms with E-state index in [1.165, 1.54) is 18.2 Å². The van der Waals surface area contributed by atoms with E-state index in [0.717, 1.165) is 9.15 Å². The first kappa shape index (κ1) is 22.0. The van der Waals surface area contributed by atoms with Crippen molar-refractivity contribution in [2.24, 2.45) is 0 Å². The van der Waals surface area contributed by atoms with Crippen LogP contribution in [0.15, 0.2) is 53.0 Å². The molecular formula is C20H14BrCl2F3N4O. The normalized spacial score (nSPS) is 18.3. The number of alkyl halides is 3. The molecule has 11 heteroatoms. The largest absolute Gasteiger partial charge is 0.410 e. The highest BCUT2D eigenvalue weighted by molar-refractivity contribution is 9.10. The summed E-state index contributed by atoms with van der Waals surface area (Å²) < 4.78 is 43.0. The van der Waals surface area contributed by atoms with Crippen molar-refractivity contribution in [2.75, 3.05) is 10.6 Å². The summed E-state index contributed by atoms with van der Waals surface area (Å²) in [5.74, 6) is -0.599. The molecule has 2 N–H and O–H groups in total. The van der Waals surface area contributed by atoms with Gasteiger partial charge in [0.1, 0.15) is 5.82 Å². The van der Waals surface area contributed by atoms with Gasteiger partial charge in [0.15, 0.2) is 11.7 Å². The van der Waals surface area contributed by atoms with Gasteiger partial charge in [-0.25, -0.2) is 4.68 Å². The summed E-state index contributed by atoms with van der Waals surface area (Å²) in [4.78, 5) is 12.6. The molecule has 0 aliphatic carbocycles. The van der Waals surface area contributed by atoms with E-state index in [1.54, 1.807) is 30.3 Å². The topological polar surface area (TPSA) is 59.0 Å². The first-order valence-corrected chi connectivity index (χ1v) is 10.6. The summed E-state index contributed by atoms with van der Waals surface area (Å²) in [6.07, 6.45) is -4.80. The monoisotopic (exact) mass is 532 g/mol. The lowest BCUT2D eigenvalue weighted by atomic mass is 9.97. The molecule has 1 aliphatic rings. The number of rotatable bonds is 3. The van der Waals surface area contributed by atoms with Gasteiger partial charge in [-0.15, -0.1) is 0 Å². The molecule has 3 aromatic rings. The van der Waals surface area contributed by atoms with Gasteiger partial charge in [0.05, 0.1) is 16.8 Å². The predicted molar refractivity (Wildman–Crippen MR) is 117 cm³/mol.